The summed E-state index contributed by atoms with van der Waals surface area (Å²) in [5.74, 6) is -1.04. The molecule has 0 spiro atoms. The van der Waals surface area contributed by atoms with Crippen LogP contribution < -0.4 is 10.1 Å². The highest BCUT2D eigenvalue weighted by atomic mass is 19.4. The van der Waals surface area contributed by atoms with Crippen LogP contribution in [0.4, 0.5) is 28.0 Å². The van der Waals surface area contributed by atoms with Crippen LogP contribution in [0.25, 0.3) is 0 Å². The SMILES string of the molecule is CCN(CCO)C(=O)Nc1cc(F)ccc1OCC(F)(F)F. The number of nitrogens with one attached hydrogen (secondary N) is 1. The van der Waals surface area contributed by atoms with Crippen LogP contribution in [0.3, 0.4) is 0 Å². The van der Waals surface area contributed by atoms with Crippen LogP contribution in [-0.2, 0) is 0 Å². The molecule has 0 unspecified atom stereocenters. The monoisotopic (exact) mass is 324 g/mol. The number of hydrogen-bond acceptors (Lipinski definition) is 3. The highest BCUT2D eigenvalue weighted by Gasteiger charge is 2.29. The number of amides is 2. The maximum atomic E-state index is 13.2. The number of benzene rings is 1. The number of ether oxygens (including phenoxy) is 1. The van der Waals surface area contributed by atoms with Crippen LogP contribution in [0.15, 0.2) is 18.2 Å². The number of urea groups is 1. The largest absolute Gasteiger partial charge is 0.482 e. The molecule has 2 amide bonds. The average Bonchev–Trinajstić information content (AvgIpc) is 2.42. The van der Waals surface area contributed by atoms with Crippen molar-refractivity contribution in [2.24, 2.45) is 0 Å². The predicted molar refractivity (Wildman–Crippen MR) is 71.3 cm³/mol. The third-order valence-corrected chi connectivity index (χ3v) is 2.61. The number of rotatable bonds is 6. The Balaban J connectivity index is 2.87. The minimum atomic E-state index is -4.55. The first-order chi connectivity index (χ1) is 10.3. The van der Waals surface area contributed by atoms with E-state index in [1.807, 2.05) is 0 Å². The normalized spacial score (nSPS) is 11.2. The Morgan fingerprint density at radius 3 is 2.64 bits per heavy atom. The van der Waals surface area contributed by atoms with Gasteiger partial charge in [0.1, 0.15) is 11.6 Å². The first-order valence-corrected chi connectivity index (χ1v) is 6.42. The highest BCUT2D eigenvalue weighted by Crippen LogP contribution is 2.27. The number of aliphatic hydroxyl groups is 1. The Bertz CT molecular complexity index is 509. The molecule has 0 saturated carbocycles. The van der Waals surface area contributed by atoms with Gasteiger partial charge in [0.25, 0.3) is 0 Å². The molecule has 9 heteroatoms. The van der Waals surface area contributed by atoms with Crippen LogP contribution in [0.5, 0.6) is 5.75 Å². The molecule has 0 heterocycles. The summed E-state index contributed by atoms with van der Waals surface area (Å²) in [5, 5.41) is 11.1. The van der Waals surface area contributed by atoms with Gasteiger partial charge in [0.15, 0.2) is 6.61 Å². The predicted octanol–water partition coefficient (Wildman–Crippen LogP) is 2.61. The van der Waals surface area contributed by atoms with Gasteiger partial charge in [-0.15, -0.1) is 0 Å². The molecule has 0 aliphatic rings. The molecule has 124 valence electrons. The lowest BCUT2D eigenvalue weighted by Gasteiger charge is -2.21. The zero-order valence-corrected chi connectivity index (χ0v) is 11.8. The Morgan fingerprint density at radius 1 is 1.41 bits per heavy atom. The van der Waals surface area contributed by atoms with Gasteiger partial charge in [0.05, 0.1) is 12.3 Å². The number of carbonyl (C=O) groups excluding carboxylic acids is 1. The molecule has 0 atom stereocenters. The number of carbonyl (C=O) groups is 1. The molecule has 0 fully saturated rings. The van der Waals surface area contributed by atoms with Gasteiger partial charge in [-0.05, 0) is 19.1 Å². The van der Waals surface area contributed by atoms with Gasteiger partial charge in [0, 0.05) is 19.2 Å². The molecule has 0 saturated heterocycles. The van der Waals surface area contributed by atoms with E-state index in [0.717, 1.165) is 18.2 Å². The van der Waals surface area contributed by atoms with Crippen molar-refractivity contribution in [2.75, 3.05) is 31.6 Å². The Hall–Kier alpha value is -2.03. The Labute approximate surface area is 124 Å². The molecular formula is C13H16F4N2O3. The van der Waals surface area contributed by atoms with E-state index in [1.54, 1.807) is 6.92 Å². The fourth-order valence-electron chi connectivity index (χ4n) is 1.60. The molecule has 22 heavy (non-hydrogen) atoms. The first-order valence-electron chi connectivity index (χ1n) is 6.42. The second-order valence-corrected chi connectivity index (χ2v) is 4.28. The minimum absolute atomic E-state index is 0.0381. The van der Waals surface area contributed by atoms with E-state index < -0.39 is 24.6 Å². The third kappa shape index (κ3) is 5.76. The third-order valence-electron chi connectivity index (χ3n) is 2.61. The van der Waals surface area contributed by atoms with Gasteiger partial charge in [-0.3, -0.25) is 0 Å². The lowest BCUT2D eigenvalue weighted by Crippen LogP contribution is -2.37. The molecule has 0 aliphatic heterocycles. The van der Waals surface area contributed by atoms with Crippen molar-refractivity contribution in [2.45, 2.75) is 13.1 Å². The minimum Gasteiger partial charge on any atom is -0.482 e. The fraction of sp³-hybridized carbons (Fsp3) is 0.462. The van der Waals surface area contributed by atoms with Gasteiger partial charge in [-0.25, -0.2) is 9.18 Å². The lowest BCUT2D eigenvalue weighted by atomic mass is 10.3. The van der Waals surface area contributed by atoms with Crippen molar-refractivity contribution in [3.8, 4) is 5.75 Å². The summed E-state index contributed by atoms with van der Waals surface area (Å²) in [6.07, 6.45) is -4.55. The van der Waals surface area contributed by atoms with Gasteiger partial charge in [0.2, 0.25) is 0 Å². The number of nitrogens with zero attached hydrogens (tertiary/aromatic N) is 1. The Morgan fingerprint density at radius 2 is 2.09 bits per heavy atom. The number of alkyl halides is 3. The zero-order chi connectivity index (χ0) is 16.8. The lowest BCUT2D eigenvalue weighted by molar-refractivity contribution is -0.153. The topological polar surface area (TPSA) is 61.8 Å². The Kier molecular flexibility index (Phi) is 6.41. The van der Waals surface area contributed by atoms with Crippen molar-refractivity contribution in [1.82, 2.24) is 4.90 Å². The molecule has 2 N–H and O–H groups in total. The summed E-state index contributed by atoms with van der Waals surface area (Å²) in [4.78, 5) is 13.1. The van der Waals surface area contributed by atoms with Crippen molar-refractivity contribution >= 4 is 11.7 Å². The molecule has 0 radical (unpaired) electrons. The van der Waals surface area contributed by atoms with Gasteiger partial charge in [-0.2, -0.15) is 13.2 Å². The number of hydrogen-bond donors (Lipinski definition) is 2. The zero-order valence-electron chi connectivity index (χ0n) is 11.8. The standard InChI is InChI=1S/C13H16F4N2O3/c1-2-19(5-6-20)12(21)18-10-7-9(14)3-4-11(10)22-8-13(15,16)17/h3-4,7,20H,2,5-6,8H2,1H3,(H,18,21). The van der Waals surface area contributed by atoms with E-state index >= 15 is 0 Å². The van der Waals surface area contributed by atoms with E-state index in [1.165, 1.54) is 4.90 Å². The molecule has 1 rings (SSSR count). The number of likely N-dealkylation sites (N-methyl/N-ethyl adjacent to an activating group) is 1. The fourth-order valence-corrected chi connectivity index (χ4v) is 1.60. The highest BCUT2D eigenvalue weighted by molar-refractivity contribution is 5.91. The summed E-state index contributed by atoms with van der Waals surface area (Å²) in [6.45, 7) is 0.121. The second-order valence-electron chi connectivity index (χ2n) is 4.28. The van der Waals surface area contributed by atoms with Gasteiger partial charge < -0.3 is 20.1 Å². The first kappa shape index (κ1) is 18.0. The van der Waals surface area contributed by atoms with Gasteiger partial charge in [-0.1, -0.05) is 0 Å². The average molecular weight is 324 g/mol. The van der Waals surface area contributed by atoms with Crippen LogP contribution in [0.2, 0.25) is 0 Å². The molecule has 5 nitrogen and oxygen atoms in total. The number of anilines is 1. The van der Waals surface area contributed by atoms with E-state index in [9.17, 15) is 22.4 Å². The summed E-state index contributed by atoms with van der Waals surface area (Å²) in [6, 6.07) is 2.10. The number of aliphatic hydroxyl groups excluding tert-OH is 1. The van der Waals surface area contributed by atoms with Crippen molar-refractivity contribution in [3.05, 3.63) is 24.0 Å². The molecule has 0 bridgehead atoms. The van der Waals surface area contributed by atoms with E-state index in [0.29, 0.717) is 0 Å². The van der Waals surface area contributed by atoms with E-state index in [2.05, 4.69) is 10.1 Å². The quantitative estimate of drug-likeness (QED) is 0.791. The van der Waals surface area contributed by atoms with Crippen LogP contribution in [-0.4, -0.2) is 48.5 Å². The summed E-state index contributed by atoms with van der Waals surface area (Å²) in [5.41, 5.74) is -0.217. The van der Waals surface area contributed by atoms with Gasteiger partial charge >= 0.3 is 12.2 Å². The molecule has 0 aliphatic carbocycles. The van der Waals surface area contributed by atoms with Crippen molar-refractivity contribution in [3.63, 3.8) is 0 Å². The van der Waals surface area contributed by atoms with Crippen LogP contribution in [0, 0.1) is 5.82 Å². The maximum absolute atomic E-state index is 13.2. The molecule has 1 aromatic rings. The molecule has 0 aromatic heterocycles. The maximum Gasteiger partial charge on any atom is 0.422 e. The van der Waals surface area contributed by atoms with Crippen molar-refractivity contribution < 1.29 is 32.2 Å². The molecular weight excluding hydrogens is 308 g/mol. The van der Waals surface area contributed by atoms with Crippen LogP contribution >= 0.6 is 0 Å². The van der Waals surface area contributed by atoms with Crippen molar-refractivity contribution in [1.29, 1.82) is 0 Å². The van der Waals surface area contributed by atoms with E-state index in [-0.39, 0.29) is 31.1 Å². The summed E-state index contributed by atoms with van der Waals surface area (Å²) in [7, 11) is 0. The second kappa shape index (κ2) is 7.83. The summed E-state index contributed by atoms with van der Waals surface area (Å²) >= 11 is 0. The number of halogens is 4. The molecule has 1 aromatic carbocycles. The van der Waals surface area contributed by atoms with Crippen LogP contribution in [0.1, 0.15) is 6.92 Å². The smallest absolute Gasteiger partial charge is 0.422 e. The summed E-state index contributed by atoms with van der Waals surface area (Å²) < 4.78 is 54.3. The van der Waals surface area contributed by atoms with E-state index in [4.69, 9.17) is 5.11 Å².